The molecular formula is C19H13IN6O. The largest absolute Gasteiger partial charge is 0.286 e. The van der Waals surface area contributed by atoms with Gasteiger partial charge in [0.2, 0.25) is 11.5 Å². The Kier molecular flexibility index (Phi) is 5.79. The number of allylic oxidation sites excluding steroid dienone is 4. The summed E-state index contributed by atoms with van der Waals surface area (Å²) in [6, 6.07) is 12.3. The summed E-state index contributed by atoms with van der Waals surface area (Å²) >= 11 is 2.31. The molecule has 1 aliphatic carbocycles. The number of aromatic amines is 1. The zero-order valence-corrected chi connectivity index (χ0v) is 16.1. The average molecular weight is 468 g/mol. The lowest BCUT2D eigenvalue weighted by Gasteiger charge is -2.14. The van der Waals surface area contributed by atoms with Crippen LogP contribution in [0.25, 0.3) is 5.57 Å². The molecular weight excluding hydrogens is 455 g/mol. The first kappa shape index (κ1) is 18.5. The van der Waals surface area contributed by atoms with Crippen LogP contribution in [0.5, 0.6) is 0 Å². The summed E-state index contributed by atoms with van der Waals surface area (Å²) in [5, 5.41) is 29.6. The Morgan fingerprint density at radius 2 is 2.11 bits per heavy atom. The van der Waals surface area contributed by atoms with Crippen LogP contribution in [-0.2, 0) is 0 Å². The van der Waals surface area contributed by atoms with Crippen LogP contribution in [-0.4, -0.2) is 25.6 Å². The van der Waals surface area contributed by atoms with E-state index in [1.54, 1.807) is 36.4 Å². The number of carbonyl (C=O) groups is 1. The van der Waals surface area contributed by atoms with Crippen LogP contribution in [0.3, 0.4) is 0 Å². The molecule has 0 radical (unpaired) electrons. The van der Waals surface area contributed by atoms with Gasteiger partial charge in [-0.15, -0.1) is 0 Å². The van der Waals surface area contributed by atoms with E-state index in [0.29, 0.717) is 11.3 Å². The second-order valence-corrected chi connectivity index (χ2v) is 7.07. The van der Waals surface area contributed by atoms with Crippen molar-refractivity contribution in [2.24, 2.45) is 5.10 Å². The van der Waals surface area contributed by atoms with Crippen molar-refractivity contribution >= 4 is 45.5 Å². The van der Waals surface area contributed by atoms with Gasteiger partial charge in [-0.3, -0.25) is 15.3 Å². The predicted molar refractivity (Wildman–Crippen MR) is 110 cm³/mol. The number of hydrogen-bond donors (Lipinski definition) is 2. The summed E-state index contributed by atoms with van der Waals surface area (Å²) in [5.74, 6) is -0.340. The van der Waals surface area contributed by atoms with Crippen molar-refractivity contribution in [1.29, 1.82) is 10.5 Å². The van der Waals surface area contributed by atoms with Gasteiger partial charge in [-0.1, -0.05) is 71.2 Å². The van der Waals surface area contributed by atoms with E-state index < -0.39 is 5.78 Å². The van der Waals surface area contributed by atoms with Crippen LogP contribution in [0.1, 0.15) is 28.0 Å². The fraction of sp³-hybridized carbons (Fsp3) is 0.105. The van der Waals surface area contributed by atoms with E-state index >= 15 is 0 Å². The number of nitrogens with one attached hydrogen (secondary N) is 2. The minimum Gasteiger partial charge on any atom is -0.286 e. The molecule has 1 aliphatic rings. The molecule has 2 N–H and O–H groups in total. The number of benzene rings is 1. The molecule has 0 amide bonds. The highest BCUT2D eigenvalue weighted by atomic mass is 127. The Labute approximate surface area is 169 Å². The number of carbonyl (C=O) groups excluding carboxylic acids is 1. The average Bonchev–Trinajstić information content (AvgIpc) is 3.12. The number of nitriles is 2. The van der Waals surface area contributed by atoms with E-state index in [1.807, 2.05) is 12.2 Å². The monoisotopic (exact) mass is 468 g/mol. The molecule has 7 nitrogen and oxygen atoms in total. The summed E-state index contributed by atoms with van der Waals surface area (Å²) in [5.41, 5.74) is 4.46. The molecule has 0 saturated heterocycles. The van der Waals surface area contributed by atoms with E-state index in [9.17, 15) is 15.3 Å². The van der Waals surface area contributed by atoms with Gasteiger partial charge in [-0.2, -0.15) is 20.7 Å². The predicted octanol–water partition coefficient (Wildman–Crippen LogP) is 3.60. The fourth-order valence-electron chi connectivity index (χ4n) is 2.54. The minimum absolute atomic E-state index is 0.167. The van der Waals surface area contributed by atoms with Crippen molar-refractivity contribution < 1.29 is 4.79 Å². The molecule has 1 unspecified atom stereocenters. The summed E-state index contributed by atoms with van der Waals surface area (Å²) in [4.78, 5) is 12.3. The van der Waals surface area contributed by atoms with E-state index in [4.69, 9.17) is 0 Å². The van der Waals surface area contributed by atoms with E-state index in [-0.39, 0.29) is 21.0 Å². The van der Waals surface area contributed by atoms with Gasteiger partial charge in [0.25, 0.3) is 0 Å². The Hall–Kier alpha value is -3.24. The van der Waals surface area contributed by atoms with Gasteiger partial charge in [-0.25, -0.2) is 0 Å². The third-order valence-electron chi connectivity index (χ3n) is 3.89. The quantitative estimate of drug-likeness (QED) is 0.229. The van der Waals surface area contributed by atoms with Crippen molar-refractivity contribution in [3.05, 3.63) is 65.4 Å². The normalized spacial score (nSPS) is 16.2. The number of rotatable bonds is 5. The summed E-state index contributed by atoms with van der Waals surface area (Å²) < 4.78 is 0.214. The van der Waals surface area contributed by atoms with Gasteiger partial charge in [0, 0.05) is 9.49 Å². The van der Waals surface area contributed by atoms with Gasteiger partial charge < -0.3 is 0 Å². The standard InChI is InChI=1S/C19H13IN6O/c20-15-9-5-4-8-13(15)17-14(10-21)19(26-24-17)25-23-16(11-22)18(27)12-6-2-1-3-7-12/h1-8,15H,9H2,(H2,24,25,26). The number of nitrogens with zero attached hydrogens (tertiary/aromatic N) is 4. The zero-order chi connectivity index (χ0) is 19.2. The summed E-state index contributed by atoms with van der Waals surface area (Å²) in [6.45, 7) is 0. The summed E-state index contributed by atoms with van der Waals surface area (Å²) in [6.07, 6.45) is 6.79. The van der Waals surface area contributed by atoms with E-state index in [1.165, 1.54) is 0 Å². The second-order valence-electron chi connectivity index (χ2n) is 5.57. The van der Waals surface area contributed by atoms with Crippen LogP contribution in [0, 0.1) is 22.7 Å². The number of anilines is 1. The van der Waals surface area contributed by atoms with Crippen molar-refractivity contribution in [3.8, 4) is 12.1 Å². The molecule has 0 spiro atoms. The number of hydrogen-bond acceptors (Lipinski definition) is 6. The van der Waals surface area contributed by atoms with Gasteiger partial charge in [0.15, 0.2) is 5.82 Å². The van der Waals surface area contributed by atoms with Crippen LogP contribution in [0.2, 0.25) is 0 Å². The topological polar surface area (TPSA) is 118 Å². The Morgan fingerprint density at radius 3 is 2.78 bits per heavy atom. The third kappa shape index (κ3) is 3.96. The second kappa shape index (κ2) is 8.43. The lowest BCUT2D eigenvalue weighted by atomic mass is 9.99. The molecule has 3 rings (SSSR count). The van der Waals surface area contributed by atoms with Crippen molar-refractivity contribution in [1.82, 2.24) is 10.2 Å². The highest BCUT2D eigenvalue weighted by molar-refractivity contribution is 14.1. The van der Waals surface area contributed by atoms with Gasteiger partial charge in [0.05, 0.1) is 5.69 Å². The molecule has 0 saturated carbocycles. The van der Waals surface area contributed by atoms with Gasteiger partial charge >= 0.3 is 0 Å². The molecule has 0 bridgehead atoms. The third-order valence-corrected chi connectivity index (χ3v) is 5.07. The minimum atomic E-state index is -0.507. The molecule has 1 aromatic heterocycles. The maximum Gasteiger partial charge on any atom is 0.223 e. The Balaban J connectivity index is 1.88. The van der Waals surface area contributed by atoms with Crippen LogP contribution in [0.4, 0.5) is 5.82 Å². The van der Waals surface area contributed by atoms with E-state index in [0.717, 1.165) is 12.0 Å². The van der Waals surface area contributed by atoms with E-state index in [2.05, 4.69) is 55.5 Å². The number of alkyl halides is 1. The molecule has 1 atom stereocenters. The molecule has 0 fully saturated rings. The number of ketones is 1. The highest BCUT2D eigenvalue weighted by Crippen LogP contribution is 2.32. The Bertz CT molecular complexity index is 1040. The maximum atomic E-state index is 12.3. The van der Waals surface area contributed by atoms with Crippen LogP contribution < -0.4 is 5.43 Å². The van der Waals surface area contributed by atoms with Crippen molar-refractivity contribution in [2.45, 2.75) is 10.3 Å². The van der Waals surface area contributed by atoms with Gasteiger partial charge in [0.1, 0.15) is 17.7 Å². The molecule has 2 aromatic rings. The number of aromatic nitrogens is 2. The molecule has 27 heavy (non-hydrogen) atoms. The fourth-order valence-corrected chi connectivity index (χ4v) is 3.36. The first-order valence-corrected chi connectivity index (χ1v) is 9.23. The number of hydrazone groups is 1. The molecule has 132 valence electrons. The van der Waals surface area contributed by atoms with Crippen molar-refractivity contribution in [3.63, 3.8) is 0 Å². The van der Waals surface area contributed by atoms with Crippen LogP contribution in [0.15, 0.2) is 53.7 Å². The number of H-pyrrole nitrogens is 1. The first-order chi connectivity index (χ1) is 13.2. The van der Waals surface area contributed by atoms with Gasteiger partial charge in [-0.05, 0) is 12.0 Å². The first-order valence-electron chi connectivity index (χ1n) is 7.99. The molecule has 1 aromatic carbocycles. The number of halogens is 1. The lowest BCUT2D eigenvalue weighted by Crippen LogP contribution is -2.14. The number of Topliss-reactive ketones (excluding diaryl/α,β-unsaturated/α-hetero) is 1. The molecule has 8 heteroatoms. The highest BCUT2D eigenvalue weighted by Gasteiger charge is 2.22. The summed E-state index contributed by atoms with van der Waals surface area (Å²) in [7, 11) is 0. The maximum absolute atomic E-state index is 12.3. The smallest absolute Gasteiger partial charge is 0.223 e. The molecule has 1 heterocycles. The Morgan fingerprint density at radius 1 is 1.33 bits per heavy atom. The molecule has 0 aliphatic heterocycles. The van der Waals surface area contributed by atoms with Crippen LogP contribution >= 0.6 is 22.6 Å². The SMILES string of the molecule is N#CC(=NNc1n[nH]c(C2=CC=CCC2I)c1C#N)C(=O)c1ccccc1. The van der Waals surface area contributed by atoms with Crippen molar-refractivity contribution in [2.75, 3.05) is 5.43 Å². The zero-order valence-electron chi connectivity index (χ0n) is 14.0. The lowest BCUT2D eigenvalue weighted by molar-refractivity contribution is 0.106.